The van der Waals surface area contributed by atoms with Crippen molar-refractivity contribution >= 4 is 10.1 Å². The minimum atomic E-state index is 0. The molecule has 0 N–H and O–H groups in total. The van der Waals surface area contributed by atoms with Gasteiger partial charge in [-0.3, -0.25) is 0 Å². The average molecular weight is 85.0 g/mol. The van der Waals surface area contributed by atoms with E-state index in [9.17, 15) is 0 Å². The van der Waals surface area contributed by atoms with Gasteiger partial charge in [0, 0.05) is 0 Å². The Morgan fingerprint density at radius 3 is 0.400 bits per heavy atom. The number of halogens is 4. The summed E-state index contributed by atoms with van der Waals surface area (Å²) in [4.78, 5) is 0. The van der Waals surface area contributed by atoms with Crippen molar-refractivity contribution in [2.75, 3.05) is 0 Å². The van der Waals surface area contributed by atoms with E-state index in [1.165, 1.54) is 0 Å². The number of rotatable bonds is 0. The maximum atomic E-state index is 0. The molecule has 0 saturated carbocycles. The van der Waals surface area contributed by atoms with Gasteiger partial charge in [0.25, 0.3) is 0 Å². The smallest absolute Gasteiger partial charge is 1.00 e. The Labute approximate surface area is 30.2 Å². The van der Waals surface area contributed by atoms with E-state index in [4.69, 9.17) is 0 Å². The summed E-state index contributed by atoms with van der Waals surface area (Å²) in [7, 11) is 0. The summed E-state index contributed by atoms with van der Waals surface area (Å²) in [5, 5.41) is 0. The molecule has 0 spiro atoms. The molecule has 0 unspecified atom stereocenters. The first-order valence-electron chi connectivity index (χ1n) is 0. The van der Waals surface area contributed by atoms with Crippen molar-refractivity contribution in [1.29, 1.82) is 0 Å². The zero-order valence-corrected chi connectivity index (χ0v) is 2.22. The van der Waals surface area contributed by atoms with E-state index >= 15 is 0 Å². The Morgan fingerprint density at radius 1 is 0.400 bits per heavy atom. The van der Waals surface area contributed by atoms with Gasteiger partial charge in [-0.15, -0.1) is 0 Å². The van der Waals surface area contributed by atoms with Gasteiger partial charge in [0.15, 0.2) is 0 Å². The molecule has 32 valence electrons. The van der Waals surface area contributed by atoms with E-state index in [-0.39, 0.29) is 28.9 Å². The molecule has 0 amide bonds. The second-order valence-corrected chi connectivity index (χ2v) is 0. The van der Waals surface area contributed by atoms with Gasteiger partial charge in [0.05, 0.1) is 0 Å². The molecule has 0 bridgehead atoms. The minimum absolute atomic E-state index is 0. The normalized spacial score (nSPS) is 0. The second kappa shape index (κ2) is 2630. The van der Waals surface area contributed by atoms with Crippen molar-refractivity contribution in [3.05, 3.63) is 0 Å². The fraction of sp³-hybridized carbons (Fsp3) is 0. The SMILES string of the molecule is [Be+2].[F-].[F-].[F-].[F-]. The number of hydrogen-bond donors (Lipinski definition) is 0. The van der Waals surface area contributed by atoms with E-state index in [2.05, 4.69) is 0 Å². The van der Waals surface area contributed by atoms with Crippen molar-refractivity contribution in [3.8, 4) is 0 Å². The van der Waals surface area contributed by atoms with Crippen LogP contribution in [0.2, 0.25) is 0 Å². The van der Waals surface area contributed by atoms with Crippen LogP contribution >= 0.6 is 0 Å². The third-order valence-electron chi connectivity index (χ3n) is 0. The van der Waals surface area contributed by atoms with Gasteiger partial charge in [-0.05, 0) is 0 Å². The van der Waals surface area contributed by atoms with Gasteiger partial charge in [0.1, 0.15) is 0 Å². The molecule has 5 heteroatoms. The average Bonchev–Trinajstić information content (AvgIpc) is 0. The molecule has 0 atom stereocenters. The first-order valence-corrected chi connectivity index (χ1v) is 0. The van der Waals surface area contributed by atoms with Gasteiger partial charge >= 0.3 is 10.1 Å². The van der Waals surface area contributed by atoms with Crippen molar-refractivity contribution in [1.82, 2.24) is 0 Å². The largest absolute Gasteiger partial charge is 2.00 e. The predicted octanol–water partition coefficient (Wildman–Crippen LogP) is -12.4. The van der Waals surface area contributed by atoms with Crippen LogP contribution in [-0.2, 0) is 0 Å². The number of hydrogen-bond acceptors (Lipinski definition) is 0. The van der Waals surface area contributed by atoms with Crippen LogP contribution < -0.4 is 18.8 Å². The zero-order valence-electron chi connectivity index (χ0n) is 2.22. The molecule has 0 heterocycles. The van der Waals surface area contributed by atoms with Crippen LogP contribution in [0.3, 0.4) is 0 Å². The molecule has 0 aliphatic carbocycles. The summed E-state index contributed by atoms with van der Waals surface area (Å²) in [6.45, 7) is 0. The van der Waals surface area contributed by atoms with Crippen LogP contribution in [0.5, 0.6) is 0 Å². The fourth-order valence-electron chi connectivity index (χ4n) is 0. The summed E-state index contributed by atoms with van der Waals surface area (Å²) < 4.78 is 0. The monoisotopic (exact) mass is 85.0 g/mol. The summed E-state index contributed by atoms with van der Waals surface area (Å²) in [6.07, 6.45) is 0. The molecule has 0 nitrogen and oxygen atoms in total. The van der Waals surface area contributed by atoms with E-state index < -0.39 is 0 Å². The minimum Gasteiger partial charge on any atom is -1.00 e. The Morgan fingerprint density at radius 2 is 0.400 bits per heavy atom. The summed E-state index contributed by atoms with van der Waals surface area (Å²) in [5.74, 6) is 0. The maximum Gasteiger partial charge on any atom is 2.00 e. The van der Waals surface area contributed by atoms with E-state index in [0.717, 1.165) is 0 Å². The molecule has 0 radical (unpaired) electrons. The quantitative estimate of drug-likeness (QED) is 0.202. The molecule has 0 aliphatic rings. The molecule has 0 rings (SSSR count). The predicted molar refractivity (Wildman–Crippen MR) is 5.75 cm³/mol. The topological polar surface area (TPSA) is 0 Å². The van der Waals surface area contributed by atoms with Crippen molar-refractivity contribution in [2.24, 2.45) is 0 Å². The van der Waals surface area contributed by atoms with Gasteiger partial charge in [-0.25, -0.2) is 0 Å². The Hall–Kier alpha value is -0.111. The summed E-state index contributed by atoms with van der Waals surface area (Å²) >= 11 is 0. The molecule has 0 aromatic heterocycles. The van der Waals surface area contributed by atoms with Crippen molar-refractivity contribution in [2.45, 2.75) is 0 Å². The molecular weight excluding hydrogens is 85.0 g/mol. The summed E-state index contributed by atoms with van der Waals surface area (Å²) in [5.41, 5.74) is 0. The molecule has 0 fully saturated rings. The Balaban J connectivity index is 0. The van der Waals surface area contributed by atoms with Crippen LogP contribution in [0.1, 0.15) is 0 Å². The first-order chi connectivity index (χ1) is 0. The zero-order chi connectivity index (χ0) is 0. The van der Waals surface area contributed by atoms with Gasteiger partial charge < -0.3 is 18.8 Å². The third kappa shape index (κ3) is 1120. The van der Waals surface area contributed by atoms with Crippen molar-refractivity contribution in [3.63, 3.8) is 0 Å². The van der Waals surface area contributed by atoms with Crippen molar-refractivity contribution < 1.29 is 18.8 Å². The second-order valence-electron chi connectivity index (χ2n) is 0. The molecule has 0 aliphatic heterocycles. The first kappa shape index (κ1) is 5980. The molecule has 5 heavy (non-hydrogen) atoms. The van der Waals surface area contributed by atoms with Gasteiger partial charge in [-0.1, -0.05) is 0 Å². The maximum absolute atomic E-state index is 0. The van der Waals surface area contributed by atoms with Crippen LogP contribution in [-0.4, -0.2) is 10.1 Å². The third-order valence-corrected chi connectivity index (χ3v) is 0. The van der Waals surface area contributed by atoms with Gasteiger partial charge in [-0.2, -0.15) is 0 Å². The van der Waals surface area contributed by atoms with Gasteiger partial charge in [0.2, 0.25) is 0 Å². The molecule has 0 saturated heterocycles. The molecule has 0 aromatic carbocycles. The van der Waals surface area contributed by atoms with E-state index in [1.54, 1.807) is 0 Å². The Kier molecular flexibility index (Phi) is 3140000. The summed E-state index contributed by atoms with van der Waals surface area (Å²) in [6, 6.07) is 0. The standard InChI is InChI=1S/Be.4FH/h;4*1H/q+2;;;;/p-4. The van der Waals surface area contributed by atoms with Crippen LogP contribution in [0, 0.1) is 0 Å². The van der Waals surface area contributed by atoms with E-state index in [1.807, 2.05) is 0 Å². The van der Waals surface area contributed by atoms with E-state index in [0.29, 0.717) is 0 Å². The van der Waals surface area contributed by atoms with Crippen LogP contribution in [0.4, 0.5) is 0 Å². The fourth-order valence-corrected chi connectivity index (χ4v) is 0. The molecular formula is BeF4-2. The Bertz CT molecular complexity index is 3.61. The van der Waals surface area contributed by atoms with Crippen LogP contribution in [0.25, 0.3) is 0 Å². The van der Waals surface area contributed by atoms with Crippen LogP contribution in [0.15, 0.2) is 0 Å². The molecule has 0 aromatic rings.